The first-order valence-electron chi connectivity index (χ1n) is 17.1. The number of hydrogen-bond acceptors (Lipinski definition) is 4. The van der Waals surface area contributed by atoms with Crippen LogP contribution in [0.3, 0.4) is 0 Å². The maximum Gasteiger partial charge on any atom is 0.245 e. The van der Waals surface area contributed by atoms with Gasteiger partial charge in [-0.2, -0.15) is 0 Å². The van der Waals surface area contributed by atoms with Crippen LogP contribution in [0.15, 0.2) is 72.8 Å². The van der Waals surface area contributed by atoms with E-state index in [4.69, 9.17) is 0 Å². The summed E-state index contributed by atoms with van der Waals surface area (Å²) in [6, 6.07) is 22.4. The Morgan fingerprint density at radius 1 is 0.915 bits per heavy atom. The van der Waals surface area contributed by atoms with Gasteiger partial charge in [0.15, 0.2) is 0 Å². The van der Waals surface area contributed by atoms with Gasteiger partial charge in [-0.15, -0.1) is 0 Å². The lowest BCUT2D eigenvalue weighted by molar-refractivity contribution is -0.139. The van der Waals surface area contributed by atoms with Crippen molar-refractivity contribution in [2.45, 2.75) is 65.5 Å². The Hall–Kier alpha value is -4.04. The van der Waals surface area contributed by atoms with Crippen molar-refractivity contribution in [2.24, 2.45) is 11.8 Å². The molecule has 1 saturated heterocycles. The van der Waals surface area contributed by atoms with E-state index in [1.54, 1.807) is 17.9 Å². The van der Waals surface area contributed by atoms with Crippen LogP contribution in [0.5, 0.6) is 0 Å². The summed E-state index contributed by atoms with van der Waals surface area (Å²) in [5.74, 6) is -0.439. The van der Waals surface area contributed by atoms with Gasteiger partial charge in [-0.05, 0) is 61.8 Å². The zero-order valence-corrected chi connectivity index (χ0v) is 28.3. The number of carbonyl (C=O) groups excluding carboxylic acids is 3. The normalized spacial score (nSPS) is 19.4. The first-order valence-corrected chi connectivity index (χ1v) is 17.1. The molecule has 1 fully saturated rings. The largest absolute Gasteiger partial charge is 0.344 e. The molecule has 0 aromatic heterocycles. The fourth-order valence-electron chi connectivity index (χ4n) is 7.24. The average molecular weight is 641 g/mol. The van der Waals surface area contributed by atoms with Crippen LogP contribution in [-0.4, -0.2) is 77.7 Å². The van der Waals surface area contributed by atoms with Gasteiger partial charge in [0.1, 0.15) is 11.9 Å². The Bertz CT molecular complexity index is 1540. The first-order chi connectivity index (χ1) is 22.6. The predicted octanol–water partition coefficient (Wildman–Crippen LogP) is 5.36. The summed E-state index contributed by atoms with van der Waals surface area (Å²) >= 11 is 0. The molecule has 250 valence electrons. The molecule has 0 bridgehead atoms. The van der Waals surface area contributed by atoms with Crippen LogP contribution in [0.2, 0.25) is 0 Å². The number of rotatable bonds is 11. The molecular weight excluding hydrogens is 591 g/mol. The maximum absolute atomic E-state index is 15.1. The number of benzene rings is 3. The van der Waals surface area contributed by atoms with E-state index in [1.807, 2.05) is 67.3 Å². The maximum atomic E-state index is 15.1. The van der Waals surface area contributed by atoms with Gasteiger partial charge in [-0.25, -0.2) is 4.39 Å². The van der Waals surface area contributed by atoms with Crippen molar-refractivity contribution >= 4 is 17.7 Å². The van der Waals surface area contributed by atoms with Gasteiger partial charge in [-0.3, -0.25) is 19.3 Å². The fraction of sp³-hybridized carbons (Fsp3) is 0.462. The Morgan fingerprint density at radius 3 is 2.19 bits per heavy atom. The van der Waals surface area contributed by atoms with Crippen LogP contribution < -0.4 is 5.32 Å². The molecule has 1 aliphatic heterocycles. The lowest BCUT2D eigenvalue weighted by atomic mass is 9.76. The first kappa shape index (κ1) is 34.3. The minimum absolute atomic E-state index is 0.00342. The number of fused-ring (bicyclic) bond motifs is 1. The van der Waals surface area contributed by atoms with Crippen LogP contribution in [0.1, 0.15) is 61.1 Å². The van der Waals surface area contributed by atoms with Crippen LogP contribution in [0.4, 0.5) is 4.39 Å². The minimum Gasteiger partial charge on any atom is -0.344 e. The van der Waals surface area contributed by atoms with Gasteiger partial charge < -0.3 is 15.1 Å². The zero-order chi connectivity index (χ0) is 33.5. The van der Waals surface area contributed by atoms with Gasteiger partial charge in [0.2, 0.25) is 17.7 Å². The number of carbonyl (C=O) groups is 3. The van der Waals surface area contributed by atoms with Crippen molar-refractivity contribution in [1.82, 2.24) is 20.0 Å². The van der Waals surface area contributed by atoms with Crippen molar-refractivity contribution in [2.75, 3.05) is 39.3 Å². The molecule has 1 N–H and O–H groups in total. The van der Waals surface area contributed by atoms with Gasteiger partial charge >= 0.3 is 0 Å². The summed E-state index contributed by atoms with van der Waals surface area (Å²) in [7, 11) is 0. The molecule has 4 unspecified atom stereocenters. The fourth-order valence-corrected chi connectivity index (χ4v) is 7.24. The number of halogens is 1. The van der Waals surface area contributed by atoms with E-state index in [9.17, 15) is 14.4 Å². The standard InChI is InChI=1S/C39H49FN4O3/c1-5-42(29(4)45)19-18-37(33-12-8-9-13-35(33)40)43-20-22-44(23-21-43)39(47)36(25-30-16-14-27(2)15-17-30)41-38(46)34-26-32-11-7-6-10-31(32)24-28(34)3/h6-17,28,34,36-37H,5,18-26H2,1-4H3,(H,41,46). The zero-order valence-electron chi connectivity index (χ0n) is 28.3. The second kappa shape index (κ2) is 15.7. The highest BCUT2D eigenvalue weighted by Gasteiger charge is 2.36. The Morgan fingerprint density at radius 2 is 1.55 bits per heavy atom. The number of aryl methyl sites for hydroxylation is 1. The van der Waals surface area contributed by atoms with Gasteiger partial charge in [-0.1, -0.05) is 79.2 Å². The van der Waals surface area contributed by atoms with Gasteiger partial charge in [0.05, 0.1) is 0 Å². The topological polar surface area (TPSA) is 73.0 Å². The highest BCUT2D eigenvalue weighted by atomic mass is 19.1. The molecule has 2 aliphatic rings. The second-order valence-electron chi connectivity index (χ2n) is 13.3. The molecule has 3 aromatic carbocycles. The van der Waals surface area contributed by atoms with Crippen molar-refractivity contribution in [3.63, 3.8) is 0 Å². The van der Waals surface area contributed by atoms with Crippen LogP contribution in [-0.2, 0) is 33.6 Å². The quantitative estimate of drug-likeness (QED) is 0.307. The lowest BCUT2D eigenvalue weighted by Gasteiger charge is -2.41. The molecule has 1 aliphatic carbocycles. The third-order valence-corrected chi connectivity index (χ3v) is 10.1. The lowest BCUT2D eigenvalue weighted by Crippen LogP contribution is -2.57. The van der Waals surface area contributed by atoms with Crippen LogP contribution in [0, 0.1) is 24.6 Å². The number of amides is 3. The summed E-state index contributed by atoms with van der Waals surface area (Å²) in [6.07, 6.45) is 2.53. The second-order valence-corrected chi connectivity index (χ2v) is 13.3. The van der Waals surface area contributed by atoms with E-state index in [-0.39, 0.29) is 41.4 Å². The molecule has 0 spiro atoms. The molecule has 3 aromatic rings. The van der Waals surface area contributed by atoms with Crippen molar-refractivity contribution in [1.29, 1.82) is 0 Å². The summed E-state index contributed by atoms with van der Waals surface area (Å²) in [6.45, 7) is 10.9. The molecule has 1 heterocycles. The number of hydrogen-bond donors (Lipinski definition) is 1. The highest BCUT2D eigenvalue weighted by Crippen LogP contribution is 2.31. The van der Waals surface area contributed by atoms with E-state index < -0.39 is 6.04 Å². The molecular formula is C39H49FN4O3. The molecule has 47 heavy (non-hydrogen) atoms. The molecule has 0 saturated carbocycles. The van der Waals surface area contributed by atoms with Crippen molar-refractivity contribution < 1.29 is 18.8 Å². The summed E-state index contributed by atoms with van der Waals surface area (Å²) in [5.41, 5.74) is 5.26. The van der Waals surface area contributed by atoms with E-state index in [1.165, 1.54) is 17.2 Å². The third kappa shape index (κ3) is 8.47. The Kier molecular flexibility index (Phi) is 11.5. The van der Waals surface area contributed by atoms with Gasteiger partial charge in [0.25, 0.3) is 0 Å². The SMILES string of the molecule is CCN(CCC(c1ccccc1F)N1CCN(C(=O)C(Cc2ccc(C)cc2)NC(=O)C2Cc3ccccc3CC2C)CC1)C(C)=O. The molecule has 8 heteroatoms. The highest BCUT2D eigenvalue weighted by molar-refractivity contribution is 5.89. The van der Waals surface area contributed by atoms with E-state index in [2.05, 4.69) is 29.3 Å². The van der Waals surface area contributed by atoms with Crippen LogP contribution in [0.25, 0.3) is 0 Å². The molecule has 3 amide bonds. The molecule has 7 nitrogen and oxygen atoms in total. The summed E-state index contributed by atoms with van der Waals surface area (Å²) < 4.78 is 15.1. The number of piperazine rings is 1. The smallest absolute Gasteiger partial charge is 0.245 e. The Labute approximate surface area is 279 Å². The monoisotopic (exact) mass is 640 g/mol. The van der Waals surface area contributed by atoms with E-state index >= 15 is 4.39 Å². The predicted molar refractivity (Wildman–Crippen MR) is 183 cm³/mol. The van der Waals surface area contributed by atoms with Gasteiger partial charge in [0, 0.05) is 70.1 Å². The van der Waals surface area contributed by atoms with E-state index in [0.29, 0.717) is 64.1 Å². The van der Waals surface area contributed by atoms with Crippen LogP contribution >= 0.6 is 0 Å². The number of nitrogens with zero attached hydrogens (tertiary/aromatic N) is 3. The molecule has 5 rings (SSSR count). The number of nitrogens with one attached hydrogen (secondary N) is 1. The minimum atomic E-state index is -0.683. The summed E-state index contributed by atoms with van der Waals surface area (Å²) in [5, 5.41) is 3.19. The van der Waals surface area contributed by atoms with E-state index in [0.717, 1.165) is 17.5 Å². The molecule has 4 atom stereocenters. The Balaban J connectivity index is 1.30. The van der Waals surface area contributed by atoms with Crippen molar-refractivity contribution in [3.05, 3.63) is 106 Å². The average Bonchev–Trinajstić information content (AvgIpc) is 3.07. The summed E-state index contributed by atoms with van der Waals surface area (Å²) in [4.78, 5) is 46.0. The van der Waals surface area contributed by atoms with Crippen molar-refractivity contribution in [3.8, 4) is 0 Å². The molecule has 0 radical (unpaired) electrons. The third-order valence-electron chi connectivity index (χ3n) is 10.1.